The molecule has 1 aromatic carbocycles. The molecule has 0 unspecified atom stereocenters. The van der Waals surface area contributed by atoms with Crippen LogP contribution in [0.3, 0.4) is 0 Å². The second-order valence-electron chi connectivity index (χ2n) is 5.04. The Kier molecular flexibility index (Phi) is 2.75. The van der Waals surface area contributed by atoms with E-state index in [1.54, 1.807) is 0 Å². The molecule has 0 aliphatic rings. The third-order valence-electron chi connectivity index (χ3n) is 3.27. The van der Waals surface area contributed by atoms with Crippen molar-refractivity contribution in [2.24, 2.45) is 0 Å². The second-order valence-corrected chi connectivity index (χ2v) is 5.04. The number of rotatable bonds is 2. The lowest BCUT2D eigenvalue weighted by Gasteiger charge is -2.14. The highest BCUT2D eigenvalue weighted by molar-refractivity contribution is 5.95. The lowest BCUT2D eigenvalue weighted by atomic mass is 10.1. The first kappa shape index (κ1) is 11.8. The van der Waals surface area contributed by atoms with Crippen LogP contribution in [-0.2, 0) is 0 Å². The first-order chi connectivity index (χ1) is 9.15. The third-order valence-corrected chi connectivity index (χ3v) is 3.27. The monoisotopic (exact) mass is 251 g/mol. The summed E-state index contributed by atoms with van der Waals surface area (Å²) >= 11 is 0. The Morgan fingerprint density at radius 2 is 1.95 bits per heavy atom. The zero-order valence-electron chi connectivity index (χ0n) is 11.4. The van der Waals surface area contributed by atoms with Crippen LogP contribution in [0.15, 0.2) is 42.6 Å². The number of nitrogens with zero attached hydrogens (tertiary/aromatic N) is 2. The molecule has 0 atom stereocenters. The lowest BCUT2D eigenvalue weighted by molar-refractivity contribution is 1.13. The Bertz CT molecular complexity index is 711. The minimum absolute atomic E-state index is 0.973. The number of fused-ring (bicyclic) bond motifs is 1. The third kappa shape index (κ3) is 2.08. The van der Waals surface area contributed by atoms with Crippen LogP contribution in [0.1, 0.15) is 5.56 Å². The van der Waals surface area contributed by atoms with Crippen LogP contribution >= 0.6 is 0 Å². The van der Waals surface area contributed by atoms with Gasteiger partial charge in [-0.05, 0) is 42.8 Å². The average molecular weight is 251 g/mol. The van der Waals surface area contributed by atoms with Gasteiger partial charge in [-0.25, -0.2) is 0 Å². The van der Waals surface area contributed by atoms with Gasteiger partial charge in [-0.2, -0.15) is 0 Å². The van der Waals surface area contributed by atoms with Gasteiger partial charge in [-0.15, -0.1) is 0 Å². The molecule has 1 N–H and O–H groups in total. The summed E-state index contributed by atoms with van der Waals surface area (Å²) in [5, 5.41) is 1.23. The topological polar surface area (TPSA) is 31.9 Å². The lowest BCUT2D eigenvalue weighted by Crippen LogP contribution is -2.09. The number of hydrogen-bond acceptors (Lipinski definition) is 2. The van der Waals surface area contributed by atoms with Crippen LogP contribution in [0.5, 0.6) is 0 Å². The quantitative estimate of drug-likeness (QED) is 0.754. The largest absolute Gasteiger partial charge is 0.376 e. The fraction of sp³-hybridized carbons (Fsp3) is 0.188. The molecule has 3 rings (SSSR count). The smallest absolute Gasteiger partial charge is 0.0864 e. The van der Waals surface area contributed by atoms with Gasteiger partial charge in [0, 0.05) is 25.7 Å². The maximum absolute atomic E-state index is 4.40. The number of aryl methyl sites for hydroxylation is 1. The molecule has 0 bridgehead atoms. The van der Waals surface area contributed by atoms with Gasteiger partial charge in [-0.1, -0.05) is 6.07 Å². The maximum atomic E-state index is 4.40. The van der Waals surface area contributed by atoms with Gasteiger partial charge in [0.2, 0.25) is 0 Å². The standard InChI is InChI=1S/C16H17N3/c1-11-8-12-10-14(13-6-4-5-7-17-13)18-16(12)15(9-11)19(2)3/h4-10,18H,1-3H3. The summed E-state index contributed by atoms with van der Waals surface area (Å²) in [6.07, 6.45) is 1.82. The van der Waals surface area contributed by atoms with Gasteiger partial charge in [-0.3, -0.25) is 4.98 Å². The Labute approximate surface area is 112 Å². The summed E-state index contributed by atoms with van der Waals surface area (Å²) in [6.45, 7) is 2.12. The second kappa shape index (κ2) is 4.43. The van der Waals surface area contributed by atoms with E-state index >= 15 is 0 Å². The summed E-state index contributed by atoms with van der Waals surface area (Å²) < 4.78 is 0. The van der Waals surface area contributed by atoms with E-state index in [-0.39, 0.29) is 0 Å². The molecule has 0 aliphatic carbocycles. The molecule has 19 heavy (non-hydrogen) atoms. The molecule has 0 aliphatic heterocycles. The van der Waals surface area contributed by atoms with Crippen LogP contribution < -0.4 is 4.90 Å². The van der Waals surface area contributed by atoms with E-state index in [9.17, 15) is 0 Å². The van der Waals surface area contributed by atoms with Gasteiger partial charge in [0.15, 0.2) is 0 Å². The molecular formula is C16H17N3. The summed E-state index contributed by atoms with van der Waals surface area (Å²) in [6, 6.07) is 12.5. The van der Waals surface area contributed by atoms with Gasteiger partial charge >= 0.3 is 0 Å². The number of anilines is 1. The summed E-state index contributed by atoms with van der Waals surface area (Å²) in [5.41, 5.74) is 5.67. The molecule has 2 heterocycles. The van der Waals surface area contributed by atoms with Crippen molar-refractivity contribution in [3.8, 4) is 11.4 Å². The van der Waals surface area contributed by atoms with E-state index in [2.05, 4.69) is 54.1 Å². The summed E-state index contributed by atoms with van der Waals surface area (Å²) in [5.74, 6) is 0. The Hall–Kier alpha value is -2.29. The van der Waals surface area contributed by atoms with Crippen LogP contribution in [0.4, 0.5) is 5.69 Å². The van der Waals surface area contributed by atoms with Crippen LogP contribution in [0, 0.1) is 6.92 Å². The van der Waals surface area contributed by atoms with Crippen molar-refractivity contribution in [2.45, 2.75) is 6.92 Å². The van der Waals surface area contributed by atoms with Gasteiger partial charge in [0.25, 0.3) is 0 Å². The van der Waals surface area contributed by atoms with Crippen molar-refractivity contribution < 1.29 is 0 Å². The SMILES string of the molecule is Cc1cc(N(C)C)c2[nH]c(-c3ccccn3)cc2c1. The van der Waals surface area contributed by atoms with Crippen molar-refractivity contribution >= 4 is 16.6 Å². The fourth-order valence-corrected chi connectivity index (χ4v) is 2.38. The molecule has 96 valence electrons. The molecule has 0 saturated carbocycles. The van der Waals surface area contributed by atoms with Crippen molar-refractivity contribution in [2.75, 3.05) is 19.0 Å². The molecule has 3 heteroatoms. The van der Waals surface area contributed by atoms with Crippen LogP contribution in [0.2, 0.25) is 0 Å². The number of pyridine rings is 1. The van der Waals surface area contributed by atoms with E-state index < -0.39 is 0 Å². The number of H-pyrrole nitrogens is 1. The summed E-state index contributed by atoms with van der Waals surface area (Å²) in [7, 11) is 4.13. The van der Waals surface area contributed by atoms with E-state index in [0.717, 1.165) is 16.9 Å². The number of hydrogen-bond donors (Lipinski definition) is 1. The van der Waals surface area contributed by atoms with Crippen LogP contribution in [-0.4, -0.2) is 24.1 Å². The number of aromatic nitrogens is 2. The molecule has 3 nitrogen and oxygen atoms in total. The fourth-order valence-electron chi connectivity index (χ4n) is 2.38. The zero-order valence-corrected chi connectivity index (χ0v) is 11.4. The molecule has 0 saturated heterocycles. The minimum Gasteiger partial charge on any atom is -0.376 e. The highest BCUT2D eigenvalue weighted by Crippen LogP contribution is 2.30. The van der Waals surface area contributed by atoms with Gasteiger partial charge in [0.1, 0.15) is 0 Å². The van der Waals surface area contributed by atoms with Crippen LogP contribution in [0.25, 0.3) is 22.3 Å². The zero-order chi connectivity index (χ0) is 13.4. The molecular weight excluding hydrogens is 234 g/mol. The molecule has 2 aromatic heterocycles. The van der Waals surface area contributed by atoms with Crippen molar-refractivity contribution in [3.63, 3.8) is 0 Å². The van der Waals surface area contributed by atoms with E-state index in [0.29, 0.717) is 0 Å². The maximum Gasteiger partial charge on any atom is 0.0864 e. The normalized spacial score (nSPS) is 10.9. The minimum atomic E-state index is 0.973. The van der Waals surface area contributed by atoms with E-state index in [4.69, 9.17) is 0 Å². The first-order valence-corrected chi connectivity index (χ1v) is 6.37. The van der Waals surface area contributed by atoms with E-state index in [1.165, 1.54) is 16.6 Å². The predicted octanol–water partition coefficient (Wildman–Crippen LogP) is 3.60. The highest BCUT2D eigenvalue weighted by atomic mass is 15.1. The first-order valence-electron chi connectivity index (χ1n) is 6.37. The summed E-state index contributed by atoms with van der Waals surface area (Å²) in [4.78, 5) is 10.0. The van der Waals surface area contributed by atoms with Crippen molar-refractivity contribution in [1.29, 1.82) is 0 Å². The number of nitrogens with one attached hydrogen (secondary N) is 1. The molecule has 3 aromatic rings. The van der Waals surface area contributed by atoms with E-state index in [1.807, 2.05) is 24.4 Å². The van der Waals surface area contributed by atoms with Crippen molar-refractivity contribution in [3.05, 3.63) is 48.2 Å². The highest BCUT2D eigenvalue weighted by Gasteiger charge is 2.09. The Balaban J connectivity index is 2.23. The van der Waals surface area contributed by atoms with Gasteiger partial charge < -0.3 is 9.88 Å². The molecule has 0 fully saturated rings. The Morgan fingerprint density at radius 1 is 1.11 bits per heavy atom. The Morgan fingerprint density at radius 3 is 2.63 bits per heavy atom. The molecule has 0 spiro atoms. The average Bonchev–Trinajstić information content (AvgIpc) is 2.82. The number of aromatic amines is 1. The molecule has 0 radical (unpaired) electrons. The number of benzene rings is 1. The molecule has 0 amide bonds. The van der Waals surface area contributed by atoms with Gasteiger partial charge in [0.05, 0.1) is 22.6 Å². The predicted molar refractivity (Wildman–Crippen MR) is 80.6 cm³/mol. The van der Waals surface area contributed by atoms with Crippen molar-refractivity contribution in [1.82, 2.24) is 9.97 Å².